The quantitative estimate of drug-likeness (QED) is 0.379. The third kappa shape index (κ3) is 5.43. The molecule has 0 atom stereocenters. The van der Waals surface area contributed by atoms with Gasteiger partial charge in [-0.05, 0) is 36.4 Å². The first-order chi connectivity index (χ1) is 18.1. The molecule has 0 spiro atoms. The van der Waals surface area contributed by atoms with Crippen molar-refractivity contribution in [1.82, 2.24) is 15.1 Å². The van der Waals surface area contributed by atoms with Crippen LogP contribution >= 0.6 is 0 Å². The summed E-state index contributed by atoms with van der Waals surface area (Å²) in [4.78, 5) is 38.6. The van der Waals surface area contributed by atoms with Crippen LogP contribution in [0.25, 0.3) is 16.5 Å². The molecule has 0 saturated heterocycles. The number of methoxy groups -OCH3 is 2. The SMILES string of the molecule is COc1ccc(-n2nc(C(=O)NCC(=O)Nc3cccc(C(F)(F)F)c3)c3ccccc3c2=O)cc1OC. The zero-order valence-corrected chi connectivity index (χ0v) is 20.1. The van der Waals surface area contributed by atoms with E-state index in [4.69, 9.17) is 9.47 Å². The minimum Gasteiger partial charge on any atom is -0.493 e. The molecule has 0 saturated carbocycles. The number of nitrogens with zero attached hydrogens (tertiary/aromatic N) is 2. The van der Waals surface area contributed by atoms with Gasteiger partial charge in [0.15, 0.2) is 17.2 Å². The van der Waals surface area contributed by atoms with Crippen LogP contribution in [0.5, 0.6) is 11.5 Å². The number of carbonyl (C=O) groups excluding carboxylic acids is 2. The van der Waals surface area contributed by atoms with E-state index in [-0.39, 0.29) is 22.2 Å². The number of fused-ring (bicyclic) bond motifs is 1. The van der Waals surface area contributed by atoms with Gasteiger partial charge in [0.25, 0.3) is 11.5 Å². The topological polar surface area (TPSA) is 112 Å². The fourth-order valence-corrected chi connectivity index (χ4v) is 3.71. The van der Waals surface area contributed by atoms with E-state index in [1.54, 1.807) is 30.3 Å². The van der Waals surface area contributed by atoms with Crippen molar-refractivity contribution in [1.29, 1.82) is 0 Å². The number of rotatable bonds is 7. The molecule has 4 rings (SSSR count). The smallest absolute Gasteiger partial charge is 0.416 e. The maximum absolute atomic E-state index is 13.2. The molecule has 0 bridgehead atoms. The second kappa shape index (κ2) is 10.6. The van der Waals surface area contributed by atoms with Crippen LogP contribution in [0.15, 0.2) is 71.5 Å². The number of benzene rings is 3. The average molecular weight is 526 g/mol. The highest BCUT2D eigenvalue weighted by Gasteiger charge is 2.30. The number of alkyl halides is 3. The van der Waals surface area contributed by atoms with Crippen molar-refractivity contribution in [3.05, 3.63) is 88.3 Å². The van der Waals surface area contributed by atoms with Crippen molar-refractivity contribution in [3.8, 4) is 17.2 Å². The lowest BCUT2D eigenvalue weighted by molar-refractivity contribution is -0.137. The molecule has 0 unspecified atom stereocenters. The molecule has 3 aromatic carbocycles. The summed E-state index contributed by atoms with van der Waals surface area (Å²) in [5, 5.41) is 9.41. The largest absolute Gasteiger partial charge is 0.493 e. The molecular formula is C26H21F3N4O5. The second-order valence-corrected chi connectivity index (χ2v) is 7.96. The van der Waals surface area contributed by atoms with Gasteiger partial charge in [-0.25, -0.2) is 0 Å². The van der Waals surface area contributed by atoms with Crippen LogP contribution in [0, 0.1) is 0 Å². The molecule has 196 valence electrons. The maximum Gasteiger partial charge on any atom is 0.416 e. The molecule has 9 nitrogen and oxygen atoms in total. The Bertz CT molecular complexity index is 1580. The van der Waals surface area contributed by atoms with Gasteiger partial charge in [0.2, 0.25) is 5.91 Å². The molecule has 2 amide bonds. The van der Waals surface area contributed by atoms with Crippen LogP contribution < -0.4 is 25.7 Å². The lowest BCUT2D eigenvalue weighted by Crippen LogP contribution is -2.35. The Morgan fingerprint density at radius 2 is 1.63 bits per heavy atom. The first kappa shape index (κ1) is 26.2. The molecule has 2 N–H and O–H groups in total. The molecule has 38 heavy (non-hydrogen) atoms. The zero-order valence-electron chi connectivity index (χ0n) is 20.1. The lowest BCUT2D eigenvalue weighted by atomic mass is 10.1. The number of anilines is 1. The average Bonchev–Trinajstić information content (AvgIpc) is 2.91. The third-order valence-corrected chi connectivity index (χ3v) is 5.51. The summed E-state index contributed by atoms with van der Waals surface area (Å²) in [7, 11) is 2.89. The van der Waals surface area contributed by atoms with Gasteiger partial charge >= 0.3 is 6.18 Å². The fraction of sp³-hybridized carbons (Fsp3) is 0.154. The Kier molecular flexibility index (Phi) is 7.33. The molecule has 12 heteroatoms. The highest BCUT2D eigenvalue weighted by atomic mass is 19.4. The molecule has 4 aromatic rings. The summed E-state index contributed by atoms with van der Waals surface area (Å²) in [6.45, 7) is -0.555. The van der Waals surface area contributed by atoms with Crippen molar-refractivity contribution in [2.24, 2.45) is 0 Å². The standard InChI is InChI=1S/C26H21F3N4O5/c1-37-20-11-10-17(13-21(20)38-2)33-25(36)19-9-4-3-8-18(19)23(32-33)24(35)30-14-22(34)31-16-7-5-6-15(12-16)26(27,28)29/h3-13H,14H2,1-2H3,(H,30,35)(H,31,34). The third-order valence-electron chi connectivity index (χ3n) is 5.51. The normalized spacial score (nSPS) is 11.2. The number of hydrogen-bond acceptors (Lipinski definition) is 6. The van der Waals surface area contributed by atoms with E-state index < -0.39 is 35.7 Å². The fourth-order valence-electron chi connectivity index (χ4n) is 3.71. The molecular weight excluding hydrogens is 505 g/mol. The Labute approximate surface area is 213 Å². The van der Waals surface area contributed by atoms with Gasteiger partial charge in [-0.15, -0.1) is 0 Å². The van der Waals surface area contributed by atoms with Gasteiger partial charge in [-0.2, -0.15) is 23.0 Å². The molecule has 0 radical (unpaired) electrons. The molecule has 0 aliphatic heterocycles. The summed E-state index contributed by atoms with van der Waals surface area (Å²) < 4.78 is 50.3. The van der Waals surface area contributed by atoms with Gasteiger partial charge in [0.1, 0.15) is 0 Å². The number of aromatic nitrogens is 2. The van der Waals surface area contributed by atoms with Crippen LogP contribution in [-0.2, 0) is 11.0 Å². The molecule has 0 fully saturated rings. The summed E-state index contributed by atoms with van der Waals surface area (Å²) in [6, 6.07) is 15.1. The predicted molar refractivity (Wildman–Crippen MR) is 133 cm³/mol. The molecule has 0 aliphatic carbocycles. The Morgan fingerprint density at radius 3 is 2.32 bits per heavy atom. The zero-order chi connectivity index (χ0) is 27.4. The van der Waals surface area contributed by atoms with E-state index in [1.165, 1.54) is 32.4 Å². The van der Waals surface area contributed by atoms with Crippen molar-refractivity contribution < 1.29 is 32.2 Å². The number of carbonyl (C=O) groups is 2. The first-order valence-electron chi connectivity index (χ1n) is 11.1. The highest BCUT2D eigenvalue weighted by Crippen LogP contribution is 2.31. The van der Waals surface area contributed by atoms with Gasteiger partial charge in [0, 0.05) is 17.1 Å². The van der Waals surface area contributed by atoms with Crippen LogP contribution in [0.2, 0.25) is 0 Å². The highest BCUT2D eigenvalue weighted by molar-refractivity contribution is 6.06. The number of amides is 2. The van der Waals surface area contributed by atoms with E-state index in [1.807, 2.05) is 0 Å². The number of halogens is 3. The van der Waals surface area contributed by atoms with E-state index in [9.17, 15) is 27.6 Å². The van der Waals surface area contributed by atoms with Crippen molar-refractivity contribution in [2.75, 3.05) is 26.1 Å². The van der Waals surface area contributed by atoms with E-state index in [0.717, 1.165) is 22.9 Å². The lowest BCUT2D eigenvalue weighted by Gasteiger charge is -2.13. The van der Waals surface area contributed by atoms with Gasteiger partial charge in [0.05, 0.1) is 37.4 Å². The Morgan fingerprint density at radius 1 is 0.921 bits per heavy atom. The van der Waals surface area contributed by atoms with Crippen molar-refractivity contribution >= 4 is 28.3 Å². The number of ether oxygens (including phenoxy) is 2. The van der Waals surface area contributed by atoms with E-state index >= 15 is 0 Å². The minimum absolute atomic E-state index is 0.0790. The predicted octanol–water partition coefficient (Wildman–Crippen LogP) is 3.79. The summed E-state index contributed by atoms with van der Waals surface area (Å²) >= 11 is 0. The summed E-state index contributed by atoms with van der Waals surface area (Å²) in [5.41, 5.74) is -1.33. The van der Waals surface area contributed by atoms with Crippen molar-refractivity contribution in [2.45, 2.75) is 6.18 Å². The summed E-state index contributed by atoms with van der Waals surface area (Å²) in [5.74, 6) is -0.760. The molecule has 1 aromatic heterocycles. The van der Waals surface area contributed by atoms with Crippen LogP contribution in [-0.4, -0.2) is 42.4 Å². The van der Waals surface area contributed by atoms with Gasteiger partial charge < -0.3 is 20.1 Å². The number of nitrogens with one attached hydrogen (secondary N) is 2. The second-order valence-electron chi connectivity index (χ2n) is 7.96. The van der Waals surface area contributed by atoms with Crippen LogP contribution in [0.1, 0.15) is 16.1 Å². The van der Waals surface area contributed by atoms with Crippen LogP contribution in [0.3, 0.4) is 0 Å². The van der Waals surface area contributed by atoms with E-state index in [2.05, 4.69) is 15.7 Å². The maximum atomic E-state index is 13.2. The molecule has 1 heterocycles. The first-order valence-corrected chi connectivity index (χ1v) is 11.1. The summed E-state index contributed by atoms with van der Waals surface area (Å²) in [6.07, 6.45) is -4.57. The Hall–Kier alpha value is -4.87. The monoisotopic (exact) mass is 526 g/mol. The number of hydrogen-bond donors (Lipinski definition) is 2. The molecule has 0 aliphatic rings. The Balaban J connectivity index is 1.61. The van der Waals surface area contributed by atoms with Gasteiger partial charge in [-0.3, -0.25) is 14.4 Å². The van der Waals surface area contributed by atoms with Crippen molar-refractivity contribution in [3.63, 3.8) is 0 Å². The van der Waals surface area contributed by atoms with Gasteiger partial charge in [-0.1, -0.05) is 24.3 Å². The van der Waals surface area contributed by atoms with E-state index in [0.29, 0.717) is 17.2 Å². The van der Waals surface area contributed by atoms with Crippen LogP contribution in [0.4, 0.5) is 18.9 Å². The minimum atomic E-state index is -4.57.